The smallest absolute Gasteiger partial charge is 0.0409 e. The van der Waals surface area contributed by atoms with Crippen LogP contribution in [0.25, 0.3) is 0 Å². The maximum absolute atomic E-state index is 6.24. The Kier molecular flexibility index (Phi) is 3.33. The fraction of sp³-hybridized carbons (Fsp3) is 0.667. The van der Waals surface area contributed by atoms with Crippen molar-refractivity contribution < 1.29 is 0 Å². The van der Waals surface area contributed by atoms with Crippen molar-refractivity contribution in [3.8, 4) is 0 Å². The van der Waals surface area contributed by atoms with Gasteiger partial charge in [-0.25, -0.2) is 0 Å². The van der Waals surface area contributed by atoms with Gasteiger partial charge in [-0.2, -0.15) is 0 Å². The second-order valence-corrected chi connectivity index (χ2v) is 8.26. The average Bonchev–Trinajstić information content (AvgIpc) is 3.12. The van der Waals surface area contributed by atoms with E-state index in [1.165, 1.54) is 43.5 Å². The molecule has 1 saturated heterocycles. The van der Waals surface area contributed by atoms with Crippen LogP contribution in [0.15, 0.2) is 18.2 Å². The van der Waals surface area contributed by atoms with Crippen LogP contribution in [-0.4, -0.2) is 30.1 Å². The number of hydrogen-bond donors (Lipinski definition) is 1. The zero-order valence-electron chi connectivity index (χ0n) is 13.0. The van der Waals surface area contributed by atoms with Crippen molar-refractivity contribution in [1.82, 2.24) is 10.2 Å². The van der Waals surface area contributed by atoms with E-state index >= 15 is 0 Å². The predicted octanol–water partition coefficient (Wildman–Crippen LogP) is 3.79. The van der Waals surface area contributed by atoms with Gasteiger partial charge in [0.2, 0.25) is 0 Å². The fourth-order valence-corrected chi connectivity index (χ4v) is 4.44. The molecule has 0 bridgehead atoms. The first-order valence-corrected chi connectivity index (χ1v) is 8.69. The average molecular weight is 305 g/mol. The van der Waals surface area contributed by atoms with E-state index in [1.54, 1.807) is 0 Å². The van der Waals surface area contributed by atoms with E-state index in [4.69, 9.17) is 11.6 Å². The summed E-state index contributed by atoms with van der Waals surface area (Å²) in [6.07, 6.45) is 5.27. The van der Waals surface area contributed by atoms with E-state index in [2.05, 4.69) is 36.2 Å². The van der Waals surface area contributed by atoms with Gasteiger partial charge in [-0.15, -0.1) is 0 Å². The molecule has 2 atom stereocenters. The lowest BCUT2D eigenvalue weighted by molar-refractivity contribution is 0.241. The molecule has 0 aromatic heterocycles. The molecule has 1 N–H and O–H groups in total. The summed E-state index contributed by atoms with van der Waals surface area (Å²) in [5, 5.41) is 4.83. The van der Waals surface area contributed by atoms with Gasteiger partial charge >= 0.3 is 0 Å². The third-order valence-electron chi connectivity index (χ3n) is 5.53. The fourth-order valence-electron chi connectivity index (χ4n) is 4.26. The SMILES string of the molecule is CC1(C)Cc2ccc(Cl)cc2C1NC1CCN(C2CC2)C1. The Balaban J connectivity index is 1.52. The van der Waals surface area contributed by atoms with Crippen molar-refractivity contribution in [3.05, 3.63) is 34.3 Å². The molecule has 1 aromatic rings. The quantitative estimate of drug-likeness (QED) is 0.914. The second kappa shape index (κ2) is 4.97. The number of likely N-dealkylation sites (tertiary alicyclic amines) is 1. The third-order valence-corrected chi connectivity index (χ3v) is 5.77. The van der Waals surface area contributed by atoms with Crippen LogP contribution in [0.3, 0.4) is 0 Å². The molecule has 21 heavy (non-hydrogen) atoms. The zero-order valence-corrected chi connectivity index (χ0v) is 13.8. The topological polar surface area (TPSA) is 15.3 Å². The molecule has 2 nitrogen and oxygen atoms in total. The molecule has 4 rings (SSSR count). The van der Waals surface area contributed by atoms with Crippen LogP contribution >= 0.6 is 11.6 Å². The number of fused-ring (bicyclic) bond motifs is 1. The monoisotopic (exact) mass is 304 g/mol. The number of rotatable bonds is 3. The highest BCUT2D eigenvalue weighted by Gasteiger charge is 2.42. The minimum atomic E-state index is 0.278. The Morgan fingerprint density at radius 2 is 2.05 bits per heavy atom. The first-order chi connectivity index (χ1) is 10.0. The van der Waals surface area contributed by atoms with E-state index in [-0.39, 0.29) is 5.41 Å². The first kappa shape index (κ1) is 14.0. The molecule has 2 fully saturated rings. The van der Waals surface area contributed by atoms with Crippen LogP contribution in [0.2, 0.25) is 5.02 Å². The van der Waals surface area contributed by atoms with Crippen LogP contribution in [-0.2, 0) is 6.42 Å². The van der Waals surface area contributed by atoms with Gasteiger partial charge in [-0.05, 0) is 54.4 Å². The van der Waals surface area contributed by atoms with Gasteiger partial charge in [0.1, 0.15) is 0 Å². The molecule has 0 amide bonds. The summed E-state index contributed by atoms with van der Waals surface area (Å²) in [6.45, 7) is 7.27. The van der Waals surface area contributed by atoms with E-state index in [0.29, 0.717) is 12.1 Å². The van der Waals surface area contributed by atoms with E-state index < -0.39 is 0 Å². The van der Waals surface area contributed by atoms with Gasteiger partial charge in [0, 0.05) is 36.2 Å². The lowest BCUT2D eigenvalue weighted by Gasteiger charge is -2.31. The van der Waals surface area contributed by atoms with Crippen molar-refractivity contribution in [2.75, 3.05) is 13.1 Å². The minimum absolute atomic E-state index is 0.278. The maximum atomic E-state index is 6.24. The van der Waals surface area contributed by atoms with Crippen molar-refractivity contribution in [1.29, 1.82) is 0 Å². The molecule has 114 valence electrons. The highest BCUT2D eigenvalue weighted by molar-refractivity contribution is 6.30. The summed E-state index contributed by atoms with van der Waals surface area (Å²) >= 11 is 6.24. The molecule has 1 aromatic carbocycles. The number of halogens is 1. The van der Waals surface area contributed by atoms with Gasteiger partial charge < -0.3 is 5.32 Å². The van der Waals surface area contributed by atoms with Gasteiger partial charge in [0.15, 0.2) is 0 Å². The Morgan fingerprint density at radius 3 is 2.81 bits per heavy atom. The number of nitrogens with one attached hydrogen (secondary N) is 1. The van der Waals surface area contributed by atoms with Crippen LogP contribution < -0.4 is 5.32 Å². The molecule has 0 radical (unpaired) electrons. The maximum Gasteiger partial charge on any atom is 0.0409 e. The van der Waals surface area contributed by atoms with Crippen molar-refractivity contribution >= 4 is 11.6 Å². The molecule has 3 heteroatoms. The molecule has 2 aliphatic carbocycles. The molecular formula is C18H25ClN2. The molecule has 1 aliphatic heterocycles. The molecule has 1 heterocycles. The zero-order chi connectivity index (χ0) is 14.6. The number of nitrogens with zero attached hydrogens (tertiary/aromatic N) is 1. The third kappa shape index (κ3) is 2.62. The van der Waals surface area contributed by atoms with Gasteiger partial charge in [-0.3, -0.25) is 4.90 Å². The van der Waals surface area contributed by atoms with Gasteiger partial charge in [-0.1, -0.05) is 31.5 Å². The molecule has 2 unspecified atom stereocenters. The van der Waals surface area contributed by atoms with Gasteiger partial charge in [0.25, 0.3) is 0 Å². The Hall–Kier alpha value is -0.570. The standard InChI is InChI=1S/C18H25ClN2/c1-18(2)10-12-3-4-13(19)9-16(12)17(18)20-14-7-8-21(11-14)15-5-6-15/h3-4,9,14-15,17,20H,5-8,10-11H2,1-2H3. The normalized spacial score (nSPS) is 31.6. The lowest BCUT2D eigenvalue weighted by Crippen LogP contribution is -2.40. The lowest BCUT2D eigenvalue weighted by atomic mass is 9.85. The van der Waals surface area contributed by atoms with E-state index in [0.717, 1.165) is 17.5 Å². The molecular weight excluding hydrogens is 280 g/mol. The van der Waals surface area contributed by atoms with Crippen molar-refractivity contribution in [2.24, 2.45) is 5.41 Å². The summed E-state index contributed by atoms with van der Waals surface area (Å²) in [4.78, 5) is 2.68. The largest absolute Gasteiger partial charge is 0.305 e. The van der Waals surface area contributed by atoms with Crippen molar-refractivity contribution in [2.45, 2.75) is 57.7 Å². The summed E-state index contributed by atoms with van der Waals surface area (Å²) in [5.74, 6) is 0. The number of benzene rings is 1. The van der Waals surface area contributed by atoms with Crippen LogP contribution in [0, 0.1) is 5.41 Å². The second-order valence-electron chi connectivity index (χ2n) is 7.82. The van der Waals surface area contributed by atoms with Crippen LogP contribution in [0.4, 0.5) is 0 Å². The van der Waals surface area contributed by atoms with E-state index in [1.807, 2.05) is 6.07 Å². The molecule has 1 saturated carbocycles. The molecule has 3 aliphatic rings. The highest BCUT2D eigenvalue weighted by Crippen LogP contribution is 2.46. The van der Waals surface area contributed by atoms with Crippen LogP contribution in [0.1, 0.15) is 50.3 Å². The first-order valence-electron chi connectivity index (χ1n) is 8.31. The summed E-state index contributed by atoms with van der Waals surface area (Å²) in [6, 6.07) is 8.40. The van der Waals surface area contributed by atoms with Crippen molar-refractivity contribution in [3.63, 3.8) is 0 Å². The Morgan fingerprint density at radius 1 is 1.24 bits per heavy atom. The van der Waals surface area contributed by atoms with E-state index in [9.17, 15) is 0 Å². The Labute approximate surface area is 132 Å². The predicted molar refractivity (Wildman–Crippen MR) is 87.8 cm³/mol. The number of hydrogen-bond acceptors (Lipinski definition) is 2. The summed E-state index contributed by atoms with van der Waals surface area (Å²) < 4.78 is 0. The summed E-state index contributed by atoms with van der Waals surface area (Å²) in [5.41, 5.74) is 3.18. The highest BCUT2D eigenvalue weighted by atomic mass is 35.5. The minimum Gasteiger partial charge on any atom is -0.305 e. The summed E-state index contributed by atoms with van der Waals surface area (Å²) in [7, 11) is 0. The van der Waals surface area contributed by atoms with Crippen LogP contribution in [0.5, 0.6) is 0 Å². The van der Waals surface area contributed by atoms with Gasteiger partial charge in [0.05, 0.1) is 0 Å². The Bertz CT molecular complexity index is 550. The molecule has 0 spiro atoms.